The molecule has 4 unspecified atom stereocenters. The summed E-state index contributed by atoms with van der Waals surface area (Å²) in [6.07, 6.45) is 13.0. The number of anilines is 1. The molecule has 1 saturated heterocycles. The molecule has 4 aliphatic rings. The predicted octanol–water partition coefficient (Wildman–Crippen LogP) is 5.95. The van der Waals surface area contributed by atoms with Crippen LogP contribution in [0.15, 0.2) is 41.5 Å². The lowest BCUT2D eigenvalue weighted by Crippen LogP contribution is -2.67. The second kappa shape index (κ2) is 8.07. The lowest BCUT2D eigenvalue weighted by Gasteiger charge is -2.56. The number of aromatic nitrogens is 2. The smallest absolute Gasteiger partial charge is 0.274 e. The van der Waals surface area contributed by atoms with Gasteiger partial charge in [-0.25, -0.2) is 0 Å². The van der Waals surface area contributed by atoms with Gasteiger partial charge in [0.1, 0.15) is 5.52 Å². The quantitative estimate of drug-likeness (QED) is 0.302. The van der Waals surface area contributed by atoms with Gasteiger partial charge < -0.3 is 19.1 Å². The lowest BCUT2D eigenvalue weighted by molar-refractivity contribution is -0.256. The van der Waals surface area contributed by atoms with Crippen molar-refractivity contribution < 1.29 is 4.84 Å². The zero-order valence-electron chi connectivity index (χ0n) is 20.5. The van der Waals surface area contributed by atoms with Crippen molar-refractivity contribution in [3.63, 3.8) is 0 Å². The van der Waals surface area contributed by atoms with Crippen molar-refractivity contribution in [1.29, 1.82) is 0 Å². The largest absolute Gasteiger partial charge is 0.405 e. The van der Waals surface area contributed by atoms with Crippen LogP contribution in [0, 0.1) is 17.3 Å². The molecule has 184 valence electrons. The Morgan fingerprint density at radius 3 is 2.71 bits per heavy atom. The first-order chi connectivity index (χ1) is 17.1. The van der Waals surface area contributed by atoms with Gasteiger partial charge in [-0.15, -0.1) is 5.06 Å². The summed E-state index contributed by atoms with van der Waals surface area (Å²) >= 11 is 1.75. The molecule has 1 aromatic carbocycles. The van der Waals surface area contributed by atoms with Gasteiger partial charge in [-0.1, -0.05) is 25.3 Å². The third kappa shape index (κ3) is 3.23. The van der Waals surface area contributed by atoms with E-state index in [1.165, 1.54) is 44.9 Å². The summed E-state index contributed by atoms with van der Waals surface area (Å²) in [5.41, 5.74) is 4.27. The van der Waals surface area contributed by atoms with Gasteiger partial charge in [0, 0.05) is 52.8 Å². The van der Waals surface area contributed by atoms with Crippen molar-refractivity contribution in [1.82, 2.24) is 14.6 Å². The summed E-state index contributed by atoms with van der Waals surface area (Å²) in [5.74, 6) is 3.75. The Labute approximate surface area is 210 Å². The average Bonchev–Trinajstić information content (AvgIpc) is 3.50. The first-order valence-corrected chi connectivity index (χ1v) is 14.2. The molecular weight excluding hydrogens is 456 g/mol. The Balaban J connectivity index is 1.27. The van der Waals surface area contributed by atoms with Gasteiger partial charge in [-0.3, -0.25) is 4.79 Å². The number of H-pyrrole nitrogens is 1. The van der Waals surface area contributed by atoms with Crippen LogP contribution in [0.3, 0.4) is 0 Å². The molecule has 6 nitrogen and oxygen atoms in total. The van der Waals surface area contributed by atoms with Crippen molar-refractivity contribution in [3.05, 3.63) is 47.0 Å². The number of nitrogens with one attached hydrogen (secondary N) is 2. The van der Waals surface area contributed by atoms with Crippen LogP contribution in [-0.2, 0) is 7.05 Å². The molecule has 1 spiro atoms. The number of rotatable bonds is 8. The van der Waals surface area contributed by atoms with Crippen LogP contribution >= 0.6 is 11.9 Å². The highest BCUT2D eigenvalue weighted by atomic mass is 32.2. The van der Waals surface area contributed by atoms with Gasteiger partial charge in [-0.05, 0) is 74.6 Å². The minimum atomic E-state index is -0.00992. The molecule has 3 saturated carbocycles. The van der Waals surface area contributed by atoms with Crippen molar-refractivity contribution >= 4 is 28.5 Å². The fraction of sp³-hybridized carbons (Fsp3) is 0.536. The maximum absolute atomic E-state index is 12.7. The molecule has 3 aliphatic carbocycles. The number of aromatic amines is 1. The van der Waals surface area contributed by atoms with Gasteiger partial charge in [0.15, 0.2) is 5.75 Å². The predicted molar refractivity (Wildman–Crippen MR) is 143 cm³/mol. The first-order valence-electron chi connectivity index (χ1n) is 13.2. The molecule has 4 fully saturated rings. The van der Waals surface area contributed by atoms with E-state index in [1.807, 2.05) is 25.5 Å². The van der Waals surface area contributed by atoms with Gasteiger partial charge >= 0.3 is 0 Å². The third-order valence-corrected chi connectivity index (χ3v) is 10.1. The van der Waals surface area contributed by atoms with Gasteiger partial charge in [0.2, 0.25) is 0 Å². The number of hydrogen-bond donors (Lipinski definition) is 2. The molecule has 1 aliphatic heterocycles. The van der Waals surface area contributed by atoms with E-state index in [0.29, 0.717) is 23.0 Å². The molecule has 7 rings (SSSR count). The summed E-state index contributed by atoms with van der Waals surface area (Å²) in [7, 11) is 1.82. The SMILES string of the molecule is CCCCSNc1ccc(ON2C3CC4CC5CC2C3(C4)C5)c(-c2cn(C)c(=O)c3[nH]ccc23)c1. The zero-order chi connectivity index (χ0) is 23.7. The van der Waals surface area contributed by atoms with Crippen LogP contribution in [0.1, 0.15) is 51.9 Å². The minimum Gasteiger partial charge on any atom is -0.405 e. The second-order valence-corrected chi connectivity index (χ2v) is 12.2. The Bertz CT molecular complexity index is 1320. The van der Waals surface area contributed by atoms with E-state index in [-0.39, 0.29) is 5.56 Å². The maximum Gasteiger partial charge on any atom is 0.274 e. The van der Waals surface area contributed by atoms with Gasteiger partial charge in [0.25, 0.3) is 5.56 Å². The molecule has 0 radical (unpaired) electrons. The second-order valence-electron chi connectivity index (χ2n) is 11.3. The molecule has 2 N–H and O–H groups in total. The van der Waals surface area contributed by atoms with Crippen LogP contribution in [-0.4, -0.2) is 32.5 Å². The van der Waals surface area contributed by atoms with E-state index in [2.05, 4.69) is 39.9 Å². The fourth-order valence-corrected chi connectivity index (χ4v) is 8.66. The Morgan fingerprint density at radius 1 is 1.14 bits per heavy atom. The minimum absolute atomic E-state index is 0.00992. The summed E-state index contributed by atoms with van der Waals surface area (Å²) in [5, 5.41) is 3.30. The first kappa shape index (κ1) is 21.9. The lowest BCUT2D eigenvalue weighted by atomic mass is 9.68. The van der Waals surface area contributed by atoms with Crippen molar-refractivity contribution in [2.75, 3.05) is 10.5 Å². The highest BCUT2D eigenvalue weighted by molar-refractivity contribution is 8.00. The molecule has 4 atom stereocenters. The number of unbranched alkanes of at least 4 members (excludes halogenated alkanes) is 1. The number of benzene rings is 1. The number of pyridine rings is 1. The molecule has 3 heterocycles. The number of nitrogens with zero attached hydrogens (tertiary/aromatic N) is 2. The normalized spacial score (nSPS) is 30.6. The van der Waals surface area contributed by atoms with E-state index >= 15 is 0 Å². The summed E-state index contributed by atoms with van der Waals surface area (Å²) in [6.45, 7) is 2.22. The van der Waals surface area contributed by atoms with E-state index in [1.54, 1.807) is 16.5 Å². The van der Waals surface area contributed by atoms with Crippen molar-refractivity contribution in [3.8, 4) is 16.9 Å². The number of aryl methyl sites for hydroxylation is 1. The van der Waals surface area contributed by atoms with Crippen molar-refractivity contribution in [2.24, 2.45) is 24.3 Å². The van der Waals surface area contributed by atoms with Gasteiger partial charge in [0.05, 0.1) is 12.1 Å². The Kier molecular flexibility index (Phi) is 5.04. The molecule has 3 aromatic rings. The van der Waals surface area contributed by atoms with Gasteiger partial charge in [-0.2, -0.15) is 0 Å². The summed E-state index contributed by atoms with van der Waals surface area (Å²) in [4.78, 5) is 22.7. The van der Waals surface area contributed by atoms with E-state index in [4.69, 9.17) is 4.84 Å². The van der Waals surface area contributed by atoms with Crippen LogP contribution in [0.5, 0.6) is 5.75 Å². The van der Waals surface area contributed by atoms with Crippen LogP contribution in [0.2, 0.25) is 0 Å². The van der Waals surface area contributed by atoms with Crippen LogP contribution in [0.4, 0.5) is 5.69 Å². The zero-order valence-corrected chi connectivity index (χ0v) is 21.4. The highest BCUT2D eigenvalue weighted by Crippen LogP contribution is 2.70. The molecule has 0 amide bonds. The molecular formula is C28H34N4O2S. The fourth-order valence-electron chi connectivity index (χ4n) is 7.83. The Morgan fingerprint density at radius 2 is 1.94 bits per heavy atom. The van der Waals surface area contributed by atoms with E-state index < -0.39 is 0 Å². The van der Waals surface area contributed by atoms with Crippen LogP contribution in [0.25, 0.3) is 22.0 Å². The summed E-state index contributed by atoms with van der Waals surface area (Å²) in [6, 6.07) is 9.56. The monoisotopic (exact) mass is 490 g/mol. The van der Waals surface area contributed by atoms with E-state index in [0.717, 1.165) is 45.5 Å². The molecule has 7 heteroatoms. The standard InChI is InChI=1S/C28H34N4O2S/c1-3-4-9-35-30-19-5-6-23(21(13-19)22-16-31(2)27(33)26-20(22)7-8-29-26)34-32-24-11-17-10-18-12-25(32)28(24,14-17)15-18/h5-8,13,16-18,24-25,29-30H,3-4,9-12,14-15H2,1-2H3. The maximum atomic E-state index is 12.7. The topological polar surface area (TPSA) is 62.3 Å². The third-order valence-electron chi connectivity index (χ3n) is 9.22. The molecule has 3 bridgehead atoms. The number of hydrogen-bond acceptors (Lipinski definition) is 5. The Hall–Kier alpha value is -2.38. The molecule has 2 aromatic heterocycles. The number of hydroxylamine groups is 2. The summed E-state index contributed by atoms with van der Waals surface area (Å²) < 4.78 is 5.19. The van der Waals surface area contributed by atoms with E-state index in [9.17, 15) is 4.79 Å². The highest BCUT2D eigenvalue weighted by Gasteiger charge is 2.72. The average molecular weight is 491 g/mol. The number of fused-ring (bicyclic) bond motifs is 3. The molecule has 35 heavy (non-hydrogen) atoms. The van der Waals surface area contributed by atoms with Crippen molar-refractivity contribution in [2.45, 2.75) is 64.0 Å². The van der Waals surface area contributed by atoms with Crippen LogP contribution < -0.4 is 15.1 Å².